The summed E-state index contributed by atoms with van der Waals surface area (Å²) in [6.07, 6.45) is 1.99. The summed E-state index contributed by atoms with van der Waals surface area (Å²) in [4.78, 5) is 13.0. The number of para-hydroxylation sites is 1. The number of carbonyl (C=O) groups is 1. The number of benzene rings is 2. The second kappa shape index (κ2) is 7.36. The topological polar surface area (TPSA) is 41.1 Å². The molecule has 0 fully saturated rings. The molecule has 104 valence electrons. The van der Waals surface area contributed by atoms with E-state index in [1.807, 2.05) is 54.8 Å². The van der Waals surface area contributed by atoms with Crippen LogP contribution in [0.2, 0.25) is 0 Å². The third kappa shape index (κ3) is 4.28. The number of thioether (sulfide) groups is 1. The summed E-state index contributed by atoms with van der Waals surface area (Å²) in [6, 6.07) is 15.5. The Morgan fingerprint density at radius 1 is 1.15 bits per heavy atom. The summed E-state index contributed by atoms with van der Waals surface area (Å²) in [6.45, 7) is 0.240. The van der Waals surface area contributed by atoms with E-state index in [1.165, 1.54) is 0 Å². The molecule has 2 rings (SSSR count). The average molecular weight is 351 g/mol. The van der Waals surface area contributed by atoms with Gasteiger partial charge in [-0.3, -0.25) is 4.79 Å². The highest BCUT2D eigenvalue weighted by Gasteiger charge is 2.05. The first-order chi connectivity index (χ1) is 9.69. The number of carbonyl (C=O) groups excluding carboxylic acids is 1. The number of halogens is 1. The summed E-state index contributed by atoms with van der Waals surface area (Å²) in [5, 5.41) is 6.00. The van der Waals surface area contributed by atoms with Crippen LogP contribution in [0.25, 0.3) is 0 Å². The molecule has 2 aromatic rings. The van der Waals surface area contributed by atoms with Crippen LogP contribution in [0.1, 0.15) is 0 Å². The Labute approximate surface area is 131 Å². The Bertz CT molecular complexity index is 587. The van der Waals surface area contributed by atoms with Gasteiger partial charge in [-0.1, -0.05) is 28.1 Å². The molecule has 0 saturated heterocycles. The lowest BCUT2D eigenvalue weighted by Gasteiger charge is -2.10. The minimum absolute atomic E-state index is 0.0607. The summed E-state index contributed by atoms with van der Waals surface area (Å²) in [5.74, 6) is -0.0607. The first-order valence-electron chi connectivity index (χ1n) is 6.11. The summed E-state index contributed by atoms with van der Waals surface area (Å²) in [5.41, 5.74) is 1.77. The summed E-state index contributed by atoms with van der Waals surface area (Å²) < 4.78 is 1.02. The predicted octanol–water partition coefficient (Wildman–Crippen LogP) is 4.22. The second-order valence-corrected chi connectivity index (χ2v) is 5.87. The third-order valence-corrected chi connectivity index (χ3v) is 4.00. The van der Waals surface area contributed by atoms with Crippen LogP contribution in [0.4, 0.5) is 11.4 Å². The van der Waals surface area contributed by atoms with Crippen molar-refractivity contribution in [2.75, 3.05) is 23.4 Å². The lowest BCUT2D eigenvalue weighted by atomic mass is 10.3. The maximum absolute atomic E-state index is 11.9. The zero-order valence-electron chi connectivity index (χ0n) is 11.0. The van der Waals surface area contributed by atoms with Crippen LogP contribution in [0, 0.1) is 0 Å². The Morgan fingerprint density at radius 2 is 1.85 bits per heavy atom. The number of anilines is 2. The first-order valence-corrected chi connectivity index (χ1v) is 8.13. The molecular formula is C15H15BrN2OS. The van der Waals surface area contributed by atoms with Crippen LogP contribution in [0.5, 0.6) is 0 Å². The lowest BCUT2D eigenvalue weighted by Crippen LogP contribution is -2.22. The van der Waals surface area contributed by atoms with E-state index in [4.69, 9.17) is 0 Å². The molecule has 20 heavy (non-hydrogen) atoms. The van der Waals surface area contributed by atoms with E-state index in [1.54, 1.807) is 11.8 Å². The van der Waals surface area contributed by atoms with E-state index < -0.39 is 0 Å². The van der Waals surface area contributed by atoms with Gasteiger partial charge in [0.1, 0.15) is 0 Å². The first kappa shape index (κ1) is 14.9. The molecule has 0 unspecified atom stereocenters. The van der Waals surface area contributed by atoms with Gasteiger partial charge in [-0.2, -0.15) is 0 Å². The van der Waals surface area contributed by atoms with Crippen LogP contribution in [-0.2, 0) is 4.79 Å². The standard InChI is InChI=1S/C15H15BrN2OS/c1-20-14-5-3-2-4-13(14)18-15(19)10-17-12-8-6-11(16)7-9-12/h2-9,17H,10H2,1H3,(H,18,19). The van der Waals surface area contributed by atoms with Crippen molar-refractivity contribution in [2.24, 2.45) is 0 Å². The van der Waals surface area contributed by atoms with Crippen molar-refractivity contribution in [1.29, 1.82) is 0 Å². The van der Waals surface area contributed by atoms with Gasteiger partial charge in [0.15, 0.2) is 0 Å². The van der Waals surface area contributed by atoms with E-state index in [9.17, 15) is 4.79 Å². The molecule has 0 aliphatic rings. The third-order valence-electron chi connectivity index (χ3n) is 2.68. The van der Waals surface area contributed by atoms with Crippen molar-refractivity contribution in [3.63, 3.8) is 0 Å². The molecule has 3 nitrogen and oxygen atoms in total. The van der Waals surface area contributed by atoms with Crippen molar-refractivity contribution in [2.45, 2.75) is 4.90 Å². The maximum Gasteiger partial charge on any atom is 0.243 e. The lowest BCUT2D eigenvalue weighted by molar-refractivity contribution is -0.114. The molecule has 2 N–H and O–H groups in total. The Morgan fingerprint density at radius 3 is 2.55 bits per heavy atom. The van der Waals surface area contributed by atoms with Gasteiger partial charge in [-0.05, 0) is 42.7 Å². The largest absolute Gasteiger partial charge is 0.376 e. The van der Waals surface area contributed by atoms with E-state index >= 15 is 0 Å². The number of rotatable bonds is 5. The Hall–Kier alpha value is -1.46. The molecule has 5 heteroatoms. The van der Waals surface area contributed by atoms with Crippen molar-refractivity contribution in [3.8, 4) is 0 Å². The van der Waals surface area contributed by atoms with Crippen LogP contribution in [0.3, 0.4) is 0 Å². The average Bonchev–Trinajstić information content (AvgIpc) is 2.47. The molecule has 0 saturated carbocycles. The molecule has 0 atom stereocenters. The molecule has 0 aromatic heterocycles. The van der Waals surface area contributed by atoms with Crippen molar-refractivity contribution in [3.05, 3.63) is 53.0 Å². The minimum atomic E-state index is -0.0607. The van der Waals surface area contributed by atoms with E-state index in [0.717, 1.165) is 20.7 Å². The predicted molar refractivity (Wildman–Crippen MR) is 89.5 cm³/mol. The molecule has 0 aliphatic heterocycles. The Kier molecular flexibility index (Phi) is 5.49. The second-order valence-electron chi connectivity index (χ2n) is 4.11. The number of hydrogen-bond acceptors (Lipinski definition) is 3. The monoisotopic (exact) mass is 350 g/mol. The molecule has 0 bridgehead atoms. The minimum Gasteiger partial charge on any atom is -0.376 e. The highest BCUT2D eigenvalue weighted by atomic mass is 79.9. The van der Waals surface area contributed by atoms with Gasteiger partial charge < -0.3 is 10.6 Å². The number of hydrogen-bond donors (Lipinski definition) is 2. The van der Waals surface area contributed by atoms with Crippen LogP contribution < -0.4 is 10.6 Å². The maximum atomic E-state index is 11.9. The molecule has 1 amide bonds. The quantitative estimate of drug-likeness (QED) is 0.793. The zero-order valence-corrected chi connectivity index (χ0v) is 13.4. The molecule has 0 heterocycles. The van der Waals surface area contributed by atoms with Crippen molar-refractivity contribution in [1.82, 2.24) is 0 Å². The van der Waals surface area contributed by atoms with Gasteiger partial charge in [0.2, 0.25) is 5.91 Å². The molecule has 0 radical (unpaired) electrons. The van der Waals surface area contributed by atoms with Gasteiger partial charge in [-0.15, -0.1) is 11.8 Å². The molecule has 0 spiro atoms. The fourth-order valence-electron chi connectivity index (χ4n) is 1.69. The fourth-order valence-corrected chi connectivity index (χ4v) is 2.51. The van der Waals surface area contributed by atoms with Gasteiger partial charge in [0.05, 0.1) is 12.2 Å². The van der Waals surface area contributed by atoms with Crippen LogP contribution in [0.15, 0.2) is 57.9 Å². The van der Waals surface area contributed by atoms with Gasteiger partial charge in [-0.25, -0.2) is 0 Å². The van der Waals surface area contributed by atoms with Gasteiger partial charge in [0, 0.05) is 15.1 Å². The smallest absolute Gasteiger partial charge is 0.243 e. The normalized spacial score (nSPS) is 10.1. The number of nitrogens with one attached hydrogen (secondary N) is 2. The van der Waals surface area contributed by atoms with Gasteiger partial charge in [0.25, 0.3) is 0 Å². The van der Waals surface area contributed by atoms with Crippen LogP contribution in [-0.4, -0.2) is 18.7 Å². The van der Waals surface area contributed by atoms with Crippen molar-refractivity contribution >= 4 is 45.0 Å². The molecular weight excluding hydrogens is 336 g/mol. The zero-order chi connectivity index (χ0) is 14.4. The SMILES string of the molecule is CSc1ccccc1NC(=O)CNc1ccc(Br)cc1. The van der Waals surface area contributed by atoms with Crippen molar-refractivity contribution < 1.29 is 4.79 Å². The number of amides is 1. The highest BCUT2D eigenvalue weighted by molar-refractivity contribution is 9.10. The highest BCUT2D eigenvalue weighted by Crippen LogP contribution is 2.24. The van der Waals surface area contributed by atoms with Crippen LogP contribution >= 0.6 is 27.7 Å². The Balaban J connectivity index is 1.91. The van der Waals surface area contributed by atoms with Gasteiger partial charge >= 0.3 is 0 Å². The molecule has 0 aliphatic carbocycles. The summed E-state index contributed by atoms with van der Waals surface area (Å²) >= 11 is 4.99. The van der Waals surface area contributed by atoms with E-state index in [0.29, 0.717) is 0 Å². The summed E-state index contributed by atoms with van der Waals surface area (Å²) in [7, 11) is 0. The fraction of sp³-hybridized carbons (Fsp3) is 0.133. The van der Waals surface area contributed by atoms with E-state index in [2.05, 4.69) is 26.6 Å². The molecule has 2 aromatic carbocycles. The van der Waals surface area contributed by atoms with E-state index in [-0.39, 0.29) is 12.5 Å².